The normalized spacial score (nSPS) is 10.6. The van der Waals surface area contributed by atoms with Gasteiger partial charge in [0.2, 0.25) is 0 Å². The first kappa shape index (κ1) is 12.1. The lowest BCUT2D eigenvalue weighted by Gasteiger charge is -2.15. The van der Waals surface area contributed by atoms with Crippen molar-refractivity contribution in [3.63, 3.8) is 0 Å². The van der Waals surface area contributed by atoms with Crippen molar-refractivity contribution in [1.29, 1.82) is 0 Å². The molecule has 0 spiro atoms. The summed E-state index contributed by atoms with van der Waals surface area (Å²) < 4.78 is 0. The van der Waals surface area contributed by atoms with Gasteiger partial charge in [-0.05, 0) is 39.9 Å². The molecular formula is C10H11ClN2OS. The summed E-state index contributed by atoms with van der Waals surface area (Å²) in [4.78, 5) is 17.1. The summed E-state index contributed by atoms with van der Waals surface area (Å²) in [6.07, 6.45) is 1.88. The number of halogens is 1. The van der Waals surface area contributed by atoms with Gasteiger partial charge in [0, 0.05) is 19.0 Å². The molecule has 0 fully saturated rings. The average Bonchev–Trinajstić information content (AvgIpc) is 2.25. The van der Waals surface area contributed by atoms with Crippen molar-refractivity contribution in [3.05, 3.63) is 18.2 Å². The maximum atomic E-state index is 10.2. The maximum Gasteiger partial charge on any atom is 0.161 e. The zero-order chi connectivity index (χ0) is 11.3. The van der Waals surface area contributed by atoms with Gasteiger partial charge in [-0.15, -0.1) is 0 Å². The molecule has 0 unspecified atom stereocenters. The number of hydrogen-bond donors (Lipinski definition) is 0. The van der Waals surface area contributed by atoms with E-state index in [9.17, 15) is 4.79 Å². The third kappa shape index (κ3) is 3.25. The lowest BCUT2D eigenvalue weighted by Crippen LogP contribution is -2.08. The Morgan fingerprint density at radius 3 is 2.73 bits per heavy atom. The standard InChI is InChI=1S/C10H11ClN2OS/c1-13(2)10-4-3-8(15-11)7-9(10)12-5-6-14/h3-7H,1-2H3. The van der Waals surface area contributed by atoms with Gasteiger partial charge < -0.3 is 4.90 Å². The molecule has 1 aromatic carbocycles. The lowest BCUT2D eigenvalue weighted by atomic mass is 10.2. The summed E-state index contributed by atoms with van der Waals surface area (Å²) in [5.41, 5.74) is 1.68. The third-order valence-corrected chi connectivity index (χ3v) is 2.76. The van der Waals surface area contributed by atoms with Crippen molar-refractivity contribution in [1.82, 2.24) is 0 Å². The monoisotopic (exact) mass is 242 g/mol. The van der Waals surface area contributed by atoms with E-state index in [0.29, 0.717) is 6.29 Å². The van der Waals surface area contributed by atoms with Crippen LogP contribution in [0, 0.1) is 0 Å². The Morgan fingerprint density at radius 1 is 1.47 bits per heavy atom. The van der Waals surface area contributed by atoms with Crippen molar-refractivity contribution in [3.8, 4) is 0 Å². The molecule has 0 bridgehead atoms. The molecule has 0 aliphatic heterocycles. The molecule has 0 aliphatic carbocycles. The second kappa shape index (κ2) is 5.78. The average molecular weight is 243 g/mol. The van der Waals surface area contributed by atoms with E-state index in [-0.39, 0.29) is 0 Å². The Bertz CT molecular complexity index is 380. The van der Waals surface area contributed by atoms with Crippen LogP contribution in [-0.2, 0) is 4.79 Å². The highest BCUT2D eigenvalue weighted by Crippen LogP contribution is 2.33. The number of rotatable bonds is 4. The minimum absolute atomic E-state index is 0.653. The van der Waals surface area contributed by atoms with Crippen LogP contribution in [0.1, 0.15) is 0 Å². The van der Waals surface area contributed by atoms with Crippen molar-refractivity contribution in [2.45, 2.75) is 4.90 Å². The van der Waals surface area contributed by atoms with Gasteiger partial charge in [0.15, 0.2) is 6.29 Å². The van der Waals surface area contributed by atoms with Crippen LogP contribution in [0.4, 0.5) is 11.4 Å². The van der Waals surface area contributed by atoms with Crippen LogP contribution in [0.3, 0.4) is 0 Å². The van der Waals surface area contributed by atoms with Gasteiger partial charge in [0.25, 0.3) is 0 Å². The van der Waals surface area contributed by atoms with Crippen molar-refractivity contribution in [2.24, 2.45) is 4.99 Å². The van der Waals surface area contributed by atoms with Gasteiger partial charge in [-0.3, -0.25) is 9.79 Å². The van der Waals surface area contributed by atoms with E-state index in [1.807, 2.05) is 37.2 Å². The molecular weight excluding hydrogens is 232 g/mol. The molecule has 0 saturated carbocycles. The summed E-state index contributed by atoms with van der Waals surface area (Å²) in [7, 11) is 10.6. The summed E-state index contributed by atoms with van der Waals surface area (Å²) in [6.45, 7) is 0. The number of carbonyl (C=O) groups excluding carboxylic acids is 1. The number of aldehydes is 1. The molecule has 3 nitrogen and oxygen atoms in total. The Kier molecular flexibility index (Phi) is 4.65. The van der Waals surface area contributed by atoms with Crippen LogP contribution < -0.4 is 4.90 Å². The van der Waals surface area contributed by atoms with Gasteiger partial charge in [-0.1, -0.05) is 0 Å². The van der Waals surface area contributed by atoms with Crippen LogP contribution in [0.5, 0.6) is 0 Å². The van der Waals surface area contributed by atoms with Crippen molar-refractivity contribution < 1.29 is 4.79 Å². The number of carbonyl (C=O) groups is 1. The molecule has 0 aromatic heterocycles. The summed E-state index contributed by atoms with van der Waals surface area (Å²) in [5.74, 6) is 0. The molecule has 15 heavy (non-hydrogen) atoms. The molecule has 0 amide bonds. The smallest absolute Gasteiger partial charge is 0.161 e. The lowest BCUT2D eigenvalue weighted by molar-refractivity contribution is -0.102. The first-order valence-corrected chi connectivity index (χ1v) is 5.91. The minimum Gasteiger partial charge on any atom is -0.376 e. The second-order valence-electron chi connectivity index (χ2n) is 3.04. The number of aliphatic imine (C=N–C) groups is 1. The van der Waals surface area contributed by atoms with Crippen LogP contribution in [0.15, 0.2) is 28.1 Å². The first-order valence-electron chi connectivity index (χ1n) is 4.27. The number of hydrogen-bond acceptors (Lipinski definition) is 4. The van der Waals surface area contributed by atoms with E-state index in [0.717, 1.165) is 27.2 Å². The largest absolute Gasteiger partial charge is 0.376 e. The van der Waals surface area contributed by atoms with Crippen LogP contribution in [-0.4, -0.2) is 26.6 Å². The molecule has 0 aliphatic rings. The van der Waals surface area contributed by atoms with Gasteiger partial charge >= 0.3 is 0 Å². The van der Waals surface area contributed by atoms with E-state index in [4.69, 9.17) is 10.7 Å². The highest BCUT2D eigenvalue weighted by atomic mass is 35.7. The quantitative estimate of drug-likeness (QED) is 0.601. The molecule has 0 atom stereocenters. The van der Waals surface area contributed by atoms with E-state index in [1.165, 1.54) is 6.21 Å². The fraction of sp³-hybridized carbons (Fsp3) is 0.200. The summed E-state index contributed by atoms with van der Waals surface area (Å²) in [6, 6.07) is 5.67. The van der Waals surface area contributed by atoms with Crippen molar-refractivity contribution in [2.75, 3.05) is 19.0 Å². The molecule has 1 rings (SSSR count). The fourth-order valence-corrected chi connectivity index (χ4v) is 1.71. The minimum atomic E-state index is 0.653. The predicted molar refractivity (Wildman–Crippen MR) is 66.7 cm³/mol. The van der Waals surface area contributed by atoms with Crippen LogP contribution in [0.2, 0.25) is 0 Å². The molecule has 5 heteroatoms. The predicted octanol–water partition coefficient (Wildman–Crippen LogP) is 2.90. The van der Waals surface area contributed by atoms with Gasteiger partial charge in [0.1, 0.15) is 0 Å². The molecule has 0 saturated heterocycles. The van der Waals surface area contributed by atoms with Gasteiger partial charge in [0.05, 0.1) is 17.6 Å². The van der Waals surface area contributed by atoms with E-state index < -0.39 is 0 Å². The highest BCUT2D eigenvalue weighted by Gasteiger charge is 2.04. The SMILES string of the molecule is CN(C)c1ccc(SCl)cc1N=CC=O. The van der Waals surface area contributed by atoms with Crippen molar-refractivity contribution >= 4 is 45.5 Å². The number of benzene rings is 1. The fourth-order valence-electron chi connectivity index (χ4n) is 1.14. The highest BCUT2D eigenvalue weighted by molar-refractivity contribution is 8.21. The Balaban J connectivity index is 3.15. The van der Waals surface area contributed by atoms with Gasteiger partial charge in [-0.2, -0.15) is 0 Å². The zero-order valence-electron chi connectivity index (χ0n) is 8.48. The van der Waals surface area contributed by atoms with E-state index in [2.05, 4.69) is 4.99 Å². The Hall–Kier alpha value is -1.00. The molecule has 0 N–H and O–H groups in total. The second-order valence-corrected chi connectivity index (χ2v) is 4.12. The number of nitrogens with zero attached hydrogens (tertiary/aromatic N) is 2. The zero-order valence-corrected chi connectivity index (χ0v) is 10.0. The first-order chi connectivity index (χ1) is 7.19. The van der Waals surface area contributed by atoms with Crippen LogP contribution >= 0.6 is 21.7 Å². The molecule has 1 aromatic rings. The molecule has 80 valence electrons. The third-order valence-electron chi connectivity index (χ3n) is 1.79. The van der Waals surface area contributed by atoms with E-state index in [1.54, 1.807) is 0 Å². The maximum absolute atomic E-state index is 10.2. The Labute approximate surface area is 97.6 Å². The topological polar surface area (TPSA) is 32.7 Å². The summed E-state index contributed by atoms with van der Waals surface area (Å²) >= 11 is 0. The molecule has 0 heterocycles. The Morgan fingerprint density at radius 2 is 2.20 bits per heavy atom. The molecule has 0 radical (unpaired) electrons. The van der Waals surface area contributed by atoms with E-state index >= 15 is 0 Å². The van der Waals surface area contributed by atoms with Crippen LogP contribution in [0.25, 0.3) is 0 Å². The van der Waals surface area contributed by atoms with Gasteiger partial charge in [-0.25, -0.2) is 0 Å². The summed E-state index contributed by atoms with van der Waals surface area (Å²) in [5, 5.41) is 0. The number of anilines is 1.